The van der Waals surface area contributed by atoms with Crippen molar-refractivity contribution in [2.24, 2.45) is 0 Å². The summed E-state index contributed by atoms with van der Waals surface area (Å²) in [6, 6.07) is 0. The van der Waals surface area contributed by atoms with E-state index in [0.717, 1.165) is 38.5 Å². The van der Waals surface area contributed by atoms with Crippen molar-refractivity contribution < 1.29 is 9.53 Å². The van der Waals surface area contributed by atoms with Gasteiger partial charge in [-0.1, -0.05) is 12.6 Å². The second-order valence-corrected chi connectivity index (χ2v) is 4.26. The van der Waals surface area contributed by atoms with Gasteiger partial charge in [-0.25, -0.2) is 0 Å². The van der Waals surface area contributed by atoms with E-state index in [2.05, 4.69) is 6.92 Å². The van der Waals surface area contributed by atoms with Crippen molar-refractivity contribution in [3.05, 3.63) is 6.92 Å². The molecular formula is C10H16O2S. The van der Waals surface area contributed by atoms with Crippen LogP contribution in [0.2, 0.25) is 0 Å². The molecule has 0 aliphatic heterocycles. The first-order valence-corrected chi connectivity index (χ1v) is 5.34. The van der Waals surface area contributed by atoms with Gasteiger partial charge in [-0.3, -0.25) is 4.79 Å². The molecule has 2 nitrogen and oxygen atoms in total. The Kier molecular flexibility index (Phi) is 4.64. The lowest BCUT2D eigenvalue weighted by Crippen LogP contribution is -2.19. The van der Waals surface area contributed by atoms with Crippen LogP contribution in [-0.4, -0.2) is 17.3 Å². The van der Waals surface area contributed by atoms with Gasteiger partial charge in [0.25, 0.3) is 0 Å². The van der Waals surface area contributed by atoms with E-state index in [0.29, 0.717) is 5.25 Å². The maximum absolute atomic E-state index is 10.6. The standard InChI is InChI=1S/C10H16O2S/c1-8(11)12-9-4-2-6-10(13)7-3-5-9/h9-10H,1-7H2. The highest BCUT2D eigenvalue weighted by atomic mass is 32.1. The summed E-state index contributed by atoms with van der Waals surface area (Å²) in [5.41, 5.74) is 0. The van der Waals surface area contributed by atoms with E-state index in [4.69, 9.17) is 17.4 Å². The van der Waals surface area contributed by atoms with Crippen molar-refractivity contribution in [2.45, 2.75) is 49.9 Å². The third-order valence-electron chi connectivity index (χ3n) is 2.40. The lowest BCUT2D eigenvalue weighted by Gasteiger charge is -2.21. The summed E-state index contributed by atoms with van der Waals surface area (Å²) in [5.74, 6) is -0.402. The van der Waals surface area contributed by atoms with Crippen LogP contribution in [-0.2, 0) is 9.53 Å². The smallest absolute Gasteiger partial charge is 0.306 e. The molecule has 1 fully saturated rings. The van der Waals surface area contributed by atoms with E-state index in [1.807, 2.05) is 0 Å². The van der Waals surface area contributed by atoms with Crippen LogP contribution in [0.1, 0.15) is 38.5 Å². The first-order chi connectivity index (χ1) is 6.18. The van der Waals surface area contributed by atoms with Gasteiger partial charge < -0.3 is 4.74 Å². The molecule has 0 aromatic carbocycles. The maximum Gasteiger partial charge on any atom is 0.306 e. The van der Waals surface area contributed by atoms with Crippen LogP contribution in [0, 0.1) is 6.92 Å². The zero-order valence-electron chi connectivity index (χ0n) is 7.83. The van der Waals surface area contributed by atoms with Gasteiger partial charge in [-0.15, -0.1) is 0 Å². The van der Waals surface area contributed by atoms with Gasteiger partial charge in [0.15, 0.2) is 0 Å². The van der Waals surface area contributed by atoms with Crippen LogP contribution >= 0.6 is 12.6 Å². The number of carbonyl (C=O) groups excluding carboxylic acids is 1. The molecular weight excluding hydrogens is 184 g/mol. The second kappa shape index (κ2) is 5.53. The number of carbonyl (C=O) groups is 1. The fourth-order valence-corrected chi connectivity index (χ4v) is 2.07. The minimum absolute atomic E-state index is 0.0903. The Balaban J connectivity index is 2.28. The van der Waals surface area contributed by atoms with Gasteiger partial charge >= 0.3 is 5.97 Å². The van der Waals surface area contributed by atoms with Crippen LogP contribution in [0.15, 0.2) is 0 Å². The molecule has 0 amide bonds. The summed E-state index contributed by atoms with van der Waals surface area (Å²) in [7, 11) is 0. The number of rotatable bonds is 1. The monoisotopic (exact) mass is 200 g/mol. The molecule has 74 valence electrons. The van der Waals surface area contributed by atoms with Crippen molar-refractivity contribution in [2.75, 3.05) is 0 Å². The minimum Gasteiger partial charge on any atom is -0.462 e. The Hall–Kier alpha value is -0.180. The van der Waals surface area contributed by atoms with Crippen molar-refractivity contribution in [1.82, 2.24) is 0 Å². The molecule has 0 spiro atoms. The fourth-order valence-electron chi connectivity index (χ4n) is 1.74. The summed E-state index contributed by atoms with van der Waals surface area (Å²) in [4.78, 5) is 10.6. The van der Waals surface area contributed by atoms with Crippen molar-refractivity contribution >= 4 is 18.6 Å². The Morgan fingerprint density at radius 2 is 1.77 bits per heavy atom. The highest BCUT2D eigenvalue weighted by molar-refractivity contribution is 7.80. The molecule has 1 aliphatic carbocycles. The molecule has 0 heterocycles. The third-order valence-corrected chi connectivity index (χ3v) is 2.87. The average Bonchev–Trinajstić information content (AvgIpc) is 1.99. The highest BCUT2D eigenvalue weighted by Crippen LogP contribution is 2.22. The quantitative estimate of drug-likeness (QED) is 0.608. The van der Waals surface area contributed by atoms with Crippen LogP contribution in [0.4, 0.5) is 0 Å². The predicted molar refractivity (Wildman–Crippen MR) is 54.3 cm³/mol. The Labute approximate surface area is 85.4 Å². The van der Waals surface area contributed by atoms with Crippen LogP contribution in [0.3, 0.4) is 0 Å². The Morgan fingerprint density at radius 1 is 1.23 bits per heavy atom. The number of esters is 1. The van der Waals surface area contributed by atoms with Gasteiger partial charge in [0.05, 0.1) is 6.92 Å². The average molecular weight is 200 g/mol. The van der Waals surface area contributed by atoms with E-state index in [9.17, 15) is 4.79 Å². The number of ether oxygens (including phenoxy) is 1. The summed E-state index contributed by atoms with van der Waals surface area (Å²) >= 11 is 5.24. The third kappa shape index (κ3) is 4.55. The summed E-state index contributed by atoms with van der Waals surface area (Å²) in [5, 5.41) is 0.427. The summed E-state index contributed by atoms with van der Waals surface area (Å²) in [6.07, 6.45) is 6.31. The zero-order chi connectivity index (χ0) is 9.68. The molecule has 1 rings (SSSR count). The number of hydrogen-bond donors (Lipinski definition) is 0. The summed E-state index contributed by atoms with van der Waals surface area (Å²) in [6.45, 7) is 3.22. The van der Waals surface area contributed by atoms with Gasteiger partial charge in [-0.2, -0.15) is 0 Å². The molecule has 0 atom stereocenters. The minimum atomic E-state index is -0.402. The van der Waals surface area contributed by atoms with Gasteiger partial charge in [0, 0.05) is 5.25 Å². The van der Waals surface area contributed by atoms with Gasteiger partial charge in [-0.05, 0) is 38.5 Å². The SMILES string of the molecule is [CH2]C(=O)OC1CCCC([S])CCC1. The van der Waals surface area contributed by atoms with Crippen molar-refractivity contribution in [3.8, 4) is 0 Å². The lowest BCUT2D eigenvalue weighted by atomic mass is 9.98. The molecule has 0 aromatic heterocycles. The van der Waals surface area contributed by atoms with Crippen LogP contribution in [0.25, 0.3) is 0 Å². The van der Waals surface area contributed by atoms with E-state index in [1.165, 1.54) is 0 Å². The molecule has 1 saturated carbocycles. The van der Waals surface area contributed by atoms with Crippen LogP contribution < -0.4 is 0 Å². The fraction of sp³-hybridized carbons (Fsp3) is 0.800. The zero-order valence-corrected chi connectivity index (χ0v) is 8.65. The highest BCUT2D eigenvalue weighted by Gasteiger charge is 2.16. The van der Waals surface area contributed by atoms with Gasteiger partial charge in [0.1, 0.15) is 6.10 Å². The molecule has 0 bridgehead atoms. The van der Waals surface area contributed by atoms with Crippen molar-refractivity contribution in [1.29, 1.82) is 0 Å². The molecule has 3 heteroatoms. The van der Waals surface area contributed by atoms with E-state index < -0.39 is 5.97 Å². The maximum atomic E-state index is 10.6. The van der Waals surface area contributed by atoms with Crippen LogP contribution in [0.5, 0.6) is 0 Å². The van der Waals surface area contributed by atoms with E-state index in [1.54, 1.807) is 0 Å². The normalized spacial score (nSPS) is 30.3. The van der Waals surface area contributed by atoms with Gasteiger partial charge in [0.2, 0.25) is 0 Å². The summed E-state index contributed by atoms with van der Waals surface area (Å²) < 4.78 is 5.08. The van der Waals surface area contributed by atoms with E-state index >= 15 is 0 Å². The topological polar surface area (TPSA) is 26.3 Å². The number of hydrogen-bond acceptors (Lipinski definition) is 2. The Morgan fingerprint density at radius 3 is 2.23 bits per heavy atom. The first kappa shape index (κ1) is 10.9. The first-order valence-electron chi connectivity index (χ1n) is 4.87. The molecule has 13 heavy (non-hydrogen) atoms. The largest absolute Gasteiger partial charge is 0.462 e. The molecule has 1 aliphatic rings. The molecule has 0 N–H and O–H groups in total. The second-order valence-electron chi connectivity index (χ2n) is 3.60. The Bertz CT molecular complexity index is 160. The molecule has 0 saturated heterocycles. The van der Waals surface area contributed by atoms with E-state index in [-0.39, 0.29) is 6.10 Å². The lowest BCUT2D eigenvalue weighted by molar-refractivity contribution is -0.144. The molecule has 2 radical (unpaired) electrons. The van der Waals surface area contributed by atoms with Crippen molar-refractivity contribution in [3.63, 3.8) is 0 Å². The predicted octanol–water partition coefficient (Wildman–Crippen LogP) is 2.65. The molecule has 0 aromatic rings. The molecule has 0 unspecified atom stereocenters.